The average molecular weight is 265 g/mol. The fourth-order valence-corrected chi connectivity index (χ4v) is 4.69. The van der Waals surface area contributed by atoms with Gasteiger partial charge in [-0.1, -0.05) is 6.42 Å². The molecular formula is C16H27NO2. The molecule has 0 spiro atoms. The van der Waals surface area contributed by atoms with Gasteiger partial charge in [-0.3, -0.25) is 0 Å². The van der Waals surface area contributed by atoms with Crippen molar-refractivity contribution in [3.05, 3.63) is 0 Å². The summed E-state index contributed by atoms with van der Waals surface area (Å²) in [5.41, 5.74) is -0.134. The van der Waals surface area contributed by atoms with Gasteiger partial charge in [0.1, 0.15) is 6.29 Å². The largest absolute Gasteiger partial charge is 0.381 e. The number of ether oxygens (including phenoxy) is 1. The quantitative estimate of drug-likeness (QED) is 0.715. The van der Waals surface area contributed by atoms with Crippen LogP contribution >= 0.6 is 0 Å². The van der Waals surface area contributed by atoms with Gasteiger partial charge in [0, 0.05) is 31.7 Å². The second-order valence-electron chi connectivity index (χ2n) is 7.22. The van der Waals surface area contributed by atoms with Gasteiger partial charge in [0.2, 0.25) is 0 Å². The highest BCUT2D eigenvalue weighted by Gasteiger charge is 2.40. The number of hydrogen-bond acceptors (Lipinski definition) is 3. The molecule has 108 valence electrons. The fraction of sp³-hybridized carbons (Fsp3) is 0.938. The normalized spacial score (nSPS) is 36.8. The second-order valence-corrected chi connectivity index (χ2v) is 7.22. The van der Waals surface area contributed by atoms with Crippen LogP contribution in [0.1, 0.15) is 38.5 Å². The smallest absolute Gasteiger partial charge is 0.127 e. The Labute approximate surface area is 116 Å². The Balaban J connectivity index is 1.52. The van der Waals surface area contributed by atoms with Crippen molar-refractivity contribution < 1.29 is 9.53 Å². The van der Waals surface area contributed by atoms with Crippen LogP contribution in [0.3, 0.4) is 0 Å². The van der Waals surface area contributed by atoms with E-state index in [1.54, 1.807) is 0 Å². The summed E-state index contributed by atoms with van der Waals surface area (Å²) in [6.07, 6.45) is 8.84. The van der Waals surface area contributed by atoms with E-state index in [-0.39, 0.29) is 5.41 Å². The van der Waals surface area contributed by atoms with Crippen LogP contribution in [0.25, 0.3) is 0 Å². The molecule has 2 aliphatic carbocycles. The van der Waals surface area contributed by atoms with Gasteiger partial charge in [-0.15, -0.1) is 0 Å². The van der Waals surface area contributed by atoms with Crippen LogP contribution in [0.15, 0.2) is 0 Å². The van der Waals surface area contributed by atoms with Gasteiger partial charge in [0.05, 0.1) is 0 Å². The lowest BCUT2D eigenvalue weighted by Gasteiger charge is -2.37. The third-order valence-electron chi connectivity index (χ3n) is 5.75. The Kier molecular flexibility index (Phi) is 3.95. The molecule has 3 heteroatoms. The minimum absolute atomic E-state index is 0.134. The Bertz CT molecular complexity index is 325. The maximum atomic E-state index is 11.5. The summed E-state index contributed by atoms with van der Waals surface area (Å²) in [5, 5.41) is 0. The predicted molar refractivity (Wildman–Crippen MR) is 75.0 cm³/mol. The molecule has 3 aliphatic rings. The average Bonchev–Trinajstić information content (AvgIpc) is 3.02. The van der Waals surface area contributed by atoms with E-state index in [1.165, 1.54) is 38.5 Å². The molecule has 0 aromatic carbocycles. The zero-order valence-electron chi connectivity index (χ0n) is 12.1. The first-order valence-corrected chi connectivity index (χ1v) is 7.93. The highest BCUT2D eigenvalue weighted by molar-refractivity contribution is 5.60. The van der Waals surface area contributed by atoms with E-state index in [9.17, 15) is 4.79 Å². The molecule has 3 nitrogen and oxygen atoms in total. The summed E-state index contributed by atoms with van der Waals surface area (Å²) < 4.78 is 5.40. The van der Waals surface area contributed by atoms with Gasteiger partial charge in [-0.2, -0.15) is 0 Å². The molecule has 1 saturated heterocycles. The van der Waals surface area contributed by atoms with Gasteiger partial charge >= 0.3 is 0 Å². The molecule has 2 saturated carbocycles. The zero-order valence-corrected chi connectivity index (χ0v) is 12.1. The zero-order chi connectivity index (χ0) is 13.3. The molecule has 1 aliphatic heterocycles. The van der Waals surface area contributed by atoms with Gasteiger partial charge < -0.3 is 14.4 Å². The summed E-state index contributed by atoms with van der Waals surface area (Å²) in [5.74, 6) is 2.90. The summed E-state index contributed by atoms with van der Waals surface area (Å²) in [6, 6.07) is 0. The molecule has 0 radical (unpaired) electrons. The van der Waals surface area contributed by atoms with E-state index in [4.69, 9.17) is 4.74 Å². The van der Waals surface area contributed by atoms with Gasteiger partial charge in [-0.05, 0) is 56.9 Å². The molecule has 0 aromatic rings. The molecule has 3 rings (SSSR count). The minimum Gasteiger partial charge on any atom is -0.381 e. The van der Waals surface area contributed by atoms with Crippen LogP contribution in [0, 0.1) is 23.2 Å². The van der Waals surface area contributed by atoms with Crippen molar-refractivity contribution in [3.63, 3.8) is 0 Å². The van der Waals surface area contributed by atoms with Crippen LogP contribution < -0.4 is 0 Å². The number of nitrogens with zero attached hydrogens (tertiary/aromatic N) is 1. The molecule has 3 atom stereocenters. The Morgan fingerprint density at radius 3 is 2.63 bits per heavy atom. The standard InChI is InChI=1S/C16H27NO2/c1-17(10-15-9-13-2-3-14(15)8-13)11-16(12-18)4-6-19-7-5-16/h12-15H,2-11H2,1H3. The van der Waals surface area contributed by atoms with Crippen molar-refractivity contribution in [2.45, 2.75) is 38.5 Å². The van der Waals surface area contributed by atoms with Crippen LogP contribution in [-0.2, 0) is 9.53 Å². The van der Waals surface area contributed by atoms with Gasteiger partial charge in [-0.25, -0.2) is 0 Å². The van der Waals surface area contributed by atoms with E-state index in [1.807, 2.05) is 0 Å². The topological polar surface area (TPSA) is 29.5 Å². The number of aldehydes is 1. The van der Waals surface area contributed by atoms with E-state index in [2.05, 4.69) is 11.9 Å². The summed E-state index contributed by atoms with van der Waals surface area (Å²) in [4.78, 5) is 13.9. The lowest BCUT2D eigenvalue weighted by molar-refractivity contribution is -0.123. The molecule has 19 heavy (non-hydrogen) atoms. The minimum atomic E-state index is -0.134. The monoisotopic (exact) mass is 265 g/mol. The first kappa shape index (κ1) is 13.6. The van der Waals surface area contributed by atoms with Crippen molar-refractivity contribution in [1.82, 2.24) is 4.90 Å². The van der Waals surface area contributed by atoms with Crippen molar-refractivity contribution in [3.8, 4) is 0 Å². The Morgan fingerprint density at radius 2 is 2.05 bits per heavy atom. The van der Waals surface area contributed by atoms with E-state index in [0.29, 0.717) is 0 Å². The summed E-state index contributed by atoms with van der Waals surface area (Å²) in [6.45, 7) is 3.62. The Morgan fingerprint density at radius 1 is 1.26 bits per heavy atom. The number of rotatable bonds is 5. The molecule has 3 unspecified atom stereocenters. The lowest BCUT2D eigenvalue weighted by Crippen LogP contribution is -2.43. The molecule has 0 amide bonds. The van der Waals surface area contributed by atoms with E-state index >= 15 is 0 Å². The van der Waals surface area contributed by atoms with Crippen molar-refractivity contribution in [2.75, 3.05) is 33.4 Å². The molecular weight excluding hydrogens is 238 g/mol. The number of carbonyl (C=O) groups excluding carboxylic acids is 1. The lowest BCUT2D eigenvalue weighted by atomic mass is 9.80. The number of carbonyl (C=O) groups is 1. The summed E-state index contributed by atoms with van der Waals surface area (Å²) >= 11 is 0. The predicted octanol–water partition coefficient (Wildman–Crippen LogP) is 2.35. The Hall–Kier alpha value is -0.410. The maximum Gasteiger partial charge on any atom is 0.127 e. The molecule has 0 N–H and O–H groups in total. The van der Waals surface area contributed by atoms with E-state index in [0.717, 1.165) is 50.4 Å². The third kappa shape index (κ3) is 2.87. The van der Waals surface area contributed by atoms with E-state index < -0.39 is 0 Å². The second kappa shape index (κ2) is 5.53. The molecule has 0 aromatic heterocycles. The highest BCUT2D eigenvalue weighted by atomic mass is 16.5. The molecule has 1 heterocycles. The summed E-state index contributed by atoms with van der Waals surface area (Å²) in [7, 11) is 2.20. The van der Waals surface area contributed by atoms with Gasteiger partial charge in [0.15, 0.2) is 0 Å². The number of hydrogen-bond donors (Lipinski definition) is 0. The SMILES string of the molecule is CN(CC1CC2CCC1C2)CC1(C=O)CCOCC1. The van der Waals surface area contributed by atoms with Gasteiger partial charge in [0.25, 0.3) is 0 Å². The van der Waals surface area contributed by atoms with Crippen LogP contribution in [0.2, 0.25) is 0 Å². The maximum absolute atomic E-state index is 11.5. The third-order valence-corrected chi connectivity index (χ3v) is 5.75. The van der Waals surface area contributed by atoms with Crippen molar-refractivity contribution in [2.24, 2.45) is 23.2 Å². The van der Waals surface area contributed by atoms with Crippen molar-refractivity contribution >= 4 is 6.29 Å². The highest BCUT2D eigenvalue weighted by Crippen LogP contribution is 2.48. The van der Waals surface area contributed by atoms with Crippen LogP contribution in [0.5, 0.6) is 0 Å². The molecule has 2 bridgehead atoms. The van der Waals surface area contributed by atoms with Crippen LogP contribution in [0.4, 0.5) is 0 Å². The van der Waals surface area contributed by atoms with Crippen LogP contribution in [-0.4, -0.2) is 44.5 Å². The number of fused-ring (bicyclic) bond motifs is 2. The first-order valence-electron chi connectivity index (χ1n) is 7.93. The molecule has 3 fully saturated rings. The fourth-order valence-electron chi connectivity index (χ4n) is 4.69. The van der Waals surface area contributed by atoms with Crippen molar-refractivity contribution in [1.29, 1.82) is 0 Å². The first-order chi connectivity index (χ1) is 9.21.